The molecule has 9 heteroatoms. The fourth-order valence-corrected chi connectivity index (χ4v) is 5.75. The van der Waals surface area contributed by atoms with E-state index in [9.17, 15) is 18.0 Å². The minimum absolute atomic E-state index is 0.0628. The second-order valence-corrected chi connectivity index (χ2v) is 9.59. The van der Waals surface area contributed by atoms with Gasteiger partial charge in [0, 0.05) is 48.6 Å². The number of carbonyl (C=O) groups is 1. The summed E-state index contributed by atoms with van der Waals surface area (Å²) >= 11 is 0. The lowest BCUT2D eigenvalue weighted by atomic mass is 9.81. The van der Waals surface area contributed by atoms with Crippen LogP contribution in [0.1, 0.15) is 46.9 Å². The fourth-order valence-electron chi connectivity index (χ4n) is 5.75. The first-order chi connectivity index (χ1) is 17.3. The first-order valence-corrected chi connectivity index (χ1v) is 11.9. The minimum atomic E-state index is -1.49. The third-order valence-electron chi connectivity index (χ3n) is 7.32. The second kappa shape index (κ2) is 8.36. The summed E-state index contributed by atoms with van der Waals surface area (Å²) in [5, 5.41) is 8.92. The van der Waals surface area contributed by atoms with Crippen molar-refractivity contribution in [1.29, 1.82) is 0 Å². The number of fused-ring (bicyclic) bond motifs is 4. The van der Waals surface area contributed by atoms with E-state index >= 15 is 0 Å². The summed E-state index contributed by atoms with van der Waals surface area (Å²) in [4.78, 5) is 15.8. The van der Waals surface area contributed by atoms with Gasteiger partial charge < -0.3 is 4.90 Å². The van der Waals surface area contributed by atoms with E-state index in [-0.39, 0.29) is 23.6 Å². The Morgan fingerprint density at radius 3 is 2.50 bits per heavy atom. The molecule has 6 rings (SSSR count). The molecule has 2 aliphatic rings. The molecule has 0 spiro atoms. The molecular weight excluding hydrogens is 467 g/mol. The molecule has 1 saturated heterocycles. The maximum atomic E-state index is 14.0. The van der Waals surface area contributed by atoms with Gasteiger partial charge in [0.2, 0.25) is 0 Å². The van der Waals surface area contributed by atoms with Crippen LogP contribution in [-0.2, 0) is 20.5 Å². The van der Waals surface area contributed by atoms with Gasteiger partial charge >= 0.3 is 0 Å². The molecule has 2 bridgehead atoms. The molecule has 4 heterocycles. The summed E-state index contributed by atoms with van der Waals surface area (Å²) < 4.78 is 45.0. The van der Waals surface area contributed by atoms with Crippen LogP contribution < -0.4 is 0 Å². The van der Waals surface area contributed by atoms with E-state index < -0.39 is 17.5 Å². The van der Waals surface area contributed by atoms with E-state index in [4.69, 9.17) is 5.10 Å². The number of hydrogen-bond acceptors (Lipinski definition) is 3. The standard InChI is InChI=1S/C27H24F3N5O/c1-33-14-18(13-31-33)15-5-3-6-16(9-15)27(36)35-19-7-4-8-23(35)25-20(12-19)26(34(2)32-25)17-10-21(28)24(30)22(29)11-17/h3,5-6,9-11,13-14,19,23H,4,7-8,12H2,1-2H3/t19-,23+/m1/s1. The molecule has 1 amide bonds. The zero-order valence-electron chi connectivity index (χ0n) is 19.9. The summed E-state index contributed by atoms with van der Waals surface area (Å²) in [6.07, 6.45) is 6.72. The number of rotatable bonds is 3. The van der Waals surface area contributed by atoms with Crippen molar-refractivity contribution in [3.63, 3.8) is 0 Å². The molecule has 2 aromatic carbocycles. The summed E-state index contributed by atoms with van der Waals surface area (Å²) in [7, 11) is 3.56. The van der Waals surface area contributed by atoms with Gasteiger partial charge in [-0.1, -0.05) is 12.1 Å². The van der Waals surface area contributed by atoms with Crippen molar-refractivity contribution in [3.8, 4) is 22.4 Å². The lowest BCUT2D eigenvalue weighted by molar-refractivity contribution is 0.0392. The van der Waals surface area contributed by atoms with Crippen LogP contribution in [0, 0.1) is 17.5 Å². The summed E-state index contributed by atoms with van der Waals surface area (Å²) in [6, 6.07) is 9.24. The molecule has 36 heavy (non-hydrogen) atoms. The molecule has 6 nitrogen and oxygen atoms in total. The third kappa shape index (κ3) is 3.53. The number of benzene rings is 2. The Hall–Kier alpha value is -3.88. The van der Waals surface area contributed by atoms with Crippen molar-refractivity contribution < 1.29 is 18.0 Å². The van der Waals surface area contributed by atoms with Gasteiger partial charge in [-0.25, -0.2) is 13.2 Å². The minimum Gasteiger partial charge on any atom is -0.327 e. The third-order valence-corrected chi connectivity index (χ3v) is 7.32. The predicted molar refractivity (Wildman–Crippen MR) is 127 cm³/mol. The molecule has 1 fully saturated rings. The van der Waals surface area contributed by atoms with Crippen LogP contribution in [0.2, 0.25) is 0 Å². The highest BCUT2D eigenvalue weighted by atomic mass is 19.2. The maximum Gasteiger partial charge on any atom is 0.254 e. The Morgan fingerprint density at radius 2 is 1.78 bits per heavy atom. The summed E-state index contributed by atoms with van der Waals surface area (Å²) in [5.74, 6) is -4.02. The van der Waals surface area contributed by atoms with Crippen molar-refractivity contribution in [2.75, 3.05) is 0 Å². The monoisotopic (exact) mass is 491 g/mol. The molecule has 0 aliphatic carbocycles. The maximum absolute atomic E-state index is 14.0. The average molecular weight is 492 g/mol. The number of aromatic nitrogens is 4. The number of piperidine rings is 1. The Bertz CT molecular complexity index is 1480. The summed E-state index contributed by atoms with van der Waals surface area (Å²) in [5.41, 5.74) is 4.85. The van der Waals surface area contributed by atoms with Crippen molar-refractivity contribution >= 4 is 5.91 Å². The van der Waals surface area contributed by atoms with Crippen LogP contribution in [0.15, 0.2) is 48.8 Å². The topological polar surface area (TPSA) is 56.0 Å². The lowest BCUT2D eigenvalue weighted by Crippen LogP contribution is -2.49. The van der Waals surface area contributed by atoms with Crippen molar-refractivity contribution in [1.82, 2.24) is 24.5 Å². The number of carbonyl (C=O) groups excluding carboxylic acids is 1. The van der Waals surface area contributed by atoms with Gasteiger partial charge in [-0.3, -0.25) is 14.2 Å². The highest BCUT2D eigenvalue weighted by Gasteiger charge is 2.43. The summed E-state index contributed by atoms with van der Waals surface area (Å²) in [6.45, 7) is 0. The molecule has 2 atom stereocenters. The van der Waals surface area contributed by atoms with E-state index in [2.05, 4.69) is 5.10 Å². The van der Waals surface area contributed by atoms with Crippen LogP contribution in [0.25, 0.3) is 22.4 Å². The van der Waals surface area contributed by atoms with Gasteiger partial charge in [-0.2, -0.15) is 10.2 Å². The first kappa shape index (κ1) is 22.6. The van der Waals surface area contributed by atoms with Gasteiger partial charge in [0.05, 0.1) is 23.6 Å². The van der Waals surface area contributed by atoms with Gasteiger partial charge in [0.15, 0.2) is 17.5 Å². The van der Waals surface area contributed by atoms with Gasteiger partial charge in [0.25, 0.3) is 5.91 Å². The molecule has 0 saturated carbocycles. The molecule has 4 aromatic rings. The Morgan fingerprint density at radius 1 is 1.00 bits per heavy atom. The highest BCUT2D eigenvalue weighted by Crippen LogP contribution is 2.45. The largest absolute Gasteiger partial charge is 0.327 e. The van der Waals surface area contributed by atoms with Crippen LogP contribution >= 0.6 is 0 Å². The van der Waals surface area contributed by atoms with Crippen LogP contribution in [-0.4, -0.2) is 36.4 Å². The van der Waals surface area contributed by atoms with Crippen molar-refractivity contribution in [2.45, 2.75) is 37.8 Å². The number of amides is 1. The van der Waals surface area contributed by atoms with Crippen LogP contribution in [0.3, 0.4) is 0 Å². The number of aryl methyl sites for hydroxylation is 2. The van der Waals surface area contributed by atoms with E-state index in [0.29, 0.717) is 17.7 Å². The van der Waals surface area contributed by atoms with Crippen molar-refractivity contribution in [3.05, 3.63) is 83.1 Å². The number of nitrogens with zero attached hydrogens (tertiary/aromatic N) is 5. The van der Waals surface area contributed by atoms with E-state index in [1.165, 1.54) is 0 Å². The lowest BCUT2D eigenvalue weighted by Gasteiger charge is -2.45. The smallest absolute Gasteiger partial charge is 0.254 e. The second-order valence-electron chi connectivity index (χ2n) is 9.59. The van der Waals surface area contributed by atoms with Gasteiger partial charge in [-0.05, 0) is 55.5 Å². The van der Waals surface area contributed by atoms with Gasteiger partial charge in [-0.15, -0.1) is 0 Å². The molecule has 0 radical (unpaired) electrons. The van der Waals surface area contributed by atoms with Crippen LogP contribution in [0.5, 0.6) is 0 Å². The Labute approximate surface area is 206 Å². The van der Waals surface area contributed by atoms with E-state index in [1.807, 2.05) is 42.4 Å². The number of hydrogen-bond donors (Lipinski definition) is 0. The van der Waals surface area contributed by atoms with E-state index in [1.54, 1.807) is 22.6 Å². The molecular formula is C27H24F3N5O. The first-order valence-electron chi connectivity index (χ1n) is 11.9. The molecule has 2 aromatic heterocycles. The van der Waals surface area contributed by atoms with Gasteiger partial charge in [0.1, 0.15) is 0 Å². The molecule has 0 N–H and O–H groups in total. The molecule has 0 unspecified atom stereocenters. The fraction of sp³-hybridized carbons (Fsp3) is 0.296. The average Bonchev–Trinajstić information content (AvgIpc) is 3.44. The zero-order valence-corrected chi connectivity index (χ0v) is 19.9. The highest BCUT2D eigenvalue weighted by molar-refractivity contribution is 5.96. The molecule has 2 aliphatic heterocycles. The van der Waals surface area contributed by atoms with E-state index in [0.717, 1.165) is 53.8 Å². The van der Waals surface area contributed by atoms with Crippen molar-refractivity contribution in [2.24, 2.45) is 14.1 Å². The quantitative estimate of drug-likeness (QED) is 0.371. The molecule has 184 valence electrons. The normalized spacial score (nSPS) is 18.9. The Balaban J connectivity index is 1.39. The predicted octanol–water partition coefficient (Wildman–Crippen LogP) is 5.20. The zero-order chi connectivity index (χ0) is 25.1. The number of halogens is 3. The van der Waals surface area contributed by atoms with Crippen LogP contribution in [0.4, 0.5) is 13.2 Å². The Kier molecular flexibility index (Phi) is 5.24. The SMILES string of the molecule is Cn1cc(-c2cccc(C(=O)N3[C@@H]4CCC[C@H]3c3nn(C)c(-c5cc(F)c(F)c(F)c5)c3C4)c2)cn1.